The SMILES string of the molecule is CCC1(CC)CC(C)(C)c2c1cc1c(c2-c2csc(-c3ccc(-c4ccc(-c5sccc5-c5c6c(cc7c5C(C)(C)CC7(CC)CC)C(CC)(CC)CC6(C)C)s4)s3)c2)C(C)(C)CC1(CC)CC. The number of fused-ring (bicyclic) bond motifs is 4. The first-order chi connectivity index (χ1) is 32.1. The van der Waals surface area contributed by atoms with E-state index in [2.05, 4.69) is 170 Å². The van der Waals surface area contributed by atoms with Gasteiger partial charge >= 0.3 is 0 Å². The zero-order chi connectivity index (χ0) is 48.8. The highest BCUT2D eigenvalue weighted by Gasteiger charge is 2.56. The highest BCUT2D eigenvalue weighted by molar-refractivity contribution is 7.28. The predicted molar refractivity (Wildman–Crippen MR) is 305 cm³/mol. The summed E-state index contributed by atoms with van der Waals surface area (Å²) in [4.78, 5) is 8.44. The summed E-state index contributed by atoms with van der Waals surface area (Å²) >= 11 is 7.92. The van der Waals surface area contributed by atoms with Gasteiger partial charge in [0.25, 0.3) is 0 Å². The third-order valence-electron chi connectivity index (χ3n) is 19.9. The van der Waals surface area contributed by atoms with Gasteiger partial charge in [-0.25, -0.2) is 0 Å². The highest BCUT2D eigenvalue weighted by Crippen LogP contribution is 2.66. The minimum absolute atomic E-state index is 0.110. The first-order valence-corrected chi connectivity index (χ1v) is 30.4. The monoisotopic (exact) mass is 979 g/mol. The fraction of sp³-hybridized carbons (Fsp3) is 0.562. The van der Waals surface area contributed by atoms with Gasteiger partial charge in [0, 0.05) is 29.9 Å². The summed E-state index contributed by atoms with van der Waals surface area (Å²) in [7, 11) is 0. The maximum Gasteiger partial charge on any atom is 0.0521 e. The van der Waals surface area contributed by atoms with Gasteiger partial charge < -0.3 is 0 Å². The van der Waals surface area contributed by atoms with Crippen molar-refractivity contribution in [1.82, 2.24) is 0 Å². The van der Waals surface area contributed by atoms with E-state index in [-0.39, 0.29) is 43.3 Å². The third-order valence-corrected chi connectivity index (χ3v) is 24.5. The minimum atomic E-state index is 0.110. The van der Waals surface area contributed by atoms with Crippen molar-refractivity contribution in [2.24, 2.45) is 0 Å². The van der Waals surface area contributed by atoms with Crippen LogP contribution in [-0.4, -0.2) is 0 Å². The minimum Gasteiger partial charge on any atom is -0.142 e. The molecule has 0 bridgehead atoms. The zero-order valence-corrected chi connectivity index (χ0v) is 48.2. The molecule has 0 spiro atoms. The normalized spacial score (nSPS) is 21.2. The van der Waals surface area contributed by atoms with Crippen molar-refractivity contribution in [3.8, 4) is 51.5 Å². The van der Waals surface area contributed by atoms with Gasteiger partial charge in [0.05, 0.1) is 4.88 Å². The lowest BCUT2D eigenvalue weighted by Gasteiger charge is -2.32. The highest BCUT2D eigenvalue weighted by atomic mass is 32.1. The van der Waals surface area contributed by atoms with Crippen LogP contribution >= 0.6 is 45.3 Å². The molecule has 0 amide bonds. The predicted octanol–water partition coefficient (Wildman–Crippen LogP) is 21.2. The van der Waals surface area contributed by atoms with Crippen LogP contribution in [0.5, 0.6) is 0 Å². The Morgan fingerprint density at radius 3 is 1.10 bits per heavy atom. The van der Waals surface area contributed by atoms with Crippen LogP contribution in [0.1, 0.15) is 232 Å². The smallest absolute Gasteiger partial charge is 0.0521 e. The van der Waals surface area contributed by atoms with Gasteiger partial charge in [-0.1, -0.05) is 123 Å². The van der Waals surface area contributed by atoms with Crippen LogP contribution in [0.4, 0.5) is 0 Å². The van der Waals surface area contributed by atoms with Crippen LogP contribution < -0.4 is 0 Å². The molecule has 0 nitrogen and oxygen atoms in total. The zero-order valence-electron chi connectivity index (χ0n) is 44.9. The molecule has 4 aromatic heterocycles. The van der Waals surface area contributed by atoms with Crippen molar-refractivity contribution in [3.05, 3.63) is 104 Å². The third kappa shape index (κ3) is 6.77. The van der Waals surface area contributed by atoms with E-state index >= 15 is 0 Å². The summed E-state index contributed by atoms with van der Waals surface area (Å²) in [5.41, 5.74) is 20.9. The van der Waals surface area contributed by atoms with Crippen LogP contribution in [0, 0.1) is 0 Å². The number of rotatable bonds is 13. The molecular weight excluding hydrogens is 897 g/mol. The van der Waals surface area contributed by atoms with Gasteiger partial charge in [0.15, 0.2) is 0 Å². The van der Waals surface area contributed by atoms with E-state index in [0.717, 1.165) is 0 Å². The van der Waals surface area contributed by atoms with Crippen LogP contribution in [0.3, 0.4) is 0 Å². The average Bonchev–Trinajstić information content (AvgIpc) is 4.19. The molecule has 362 valence electrons. The Hall–Kier alpha value is -2.76. The largest absolute Gasteiger partial charge is 0.142 e. The summed E-state index contributed by atoms with van der Waals surface area (Å²) in [6.07, 6.45) is 14.6. The average molecular weight is 980 g/mol. The molecule has 0 saturated heterocycles. The van der Waals surface area contributed by atoms with E-state index in [1.54, 1.807) is 55.6 Å². The summed E-state index contributed by atoms with van der Waals surface area (Å²) in [6.45, 7) is 40.2. The Morgan fingerprint density at radius 1 is 0.382 bits per heavy atom. The van der Waals surface area contributed by atoms with Gasteiger partial charge in [0.1, 0.15) is 0 Å². The Morgan fingerprint density at radius 2 is 0.721 bits per heavy atom. The quantitative estimate of drug-likeness (QED) is 0.108. The standard InChI is InChI=1S/C64H82S4/c1-17-61(18-2)35-57(9,10)52-41(61)32-42-53(58(11,12)36-62(42,19-3)20-4)50(52)39-31-49(66-34-39)47-26-25-45(67-47)46-27-28-48(68-46)56-40(29-30-65-56)51-54-43(63(21-5,22-6)37-59(54,13)14)33-44-55(51)60(15,16)38-64(44,23-7)24-8/h25-34H,17-24,35-38H2,1-16H3. The van der Waals surface area contributed by atoms with Crippen molar-refractivity contribution in [2.75, 3.05) is 0 Å². The summed E-state index contributed by atoms with van der Waals surface area (Å²) in [6, 6.07) is 20.3. The molecule has 4 aliphatic rings. The summed E-state index contributed by atoms with van der Waals surface area (Å²) < 4.78 is 0. The number of hydrogen-bond donors (Lipinski definition) is 0. The van der Waals surface area contributed by atoms with Gasteiger partial charge in [-0.3, -0.25) is 0 Å². The Labute approximate surface area is 428 Å². The molecule has 4 aliphatic carbocycles. The van der Waals surface area contributed by atoms with Crippen molar-refractivity contribution in [3.63, 3.8) is 0 Å². The fourth-order valence-electron chi connectivity index (χ4n) is 16.5. The lowest BCUT2D eigenvalue weighted by molar-refractivity contribution is 0.322. The van der Waals surface area contributed by atoms with Crippen LogP contribution in [-0.2, 0) is 43.3 Å². The summed E-state index contributed by atoms with van der Waals surface area (Å²) in [5, 5.41) is 4.93. The molecule has 2 aromatic carbocycles. The maximum atomic E-state index is 2.78. The molecule has 4 heteroatoms. The van der Waals surface area contributed by atoms with E-state index in [0.29, 0.717) is 0 Å². The Bertz CT molecular complexity index is 2790. The lowest BCUT2D eigenvalue weighted by Crippen LogP contribution is -2.26. The van der Waals surface area contributed by atoms with E-state index in [1.165, 1.54) is 117 Å². The van der Waals surface area contributed by atoms with E-state index < -0.39 is 0 Å². The molecular formula is C64H82S4. The van der Waals surface area contributed by atoms with Gasteiger partial charge in [-0.15, -0.1) is 45.3 Å². The van der Waals surface area contributed by atoms with Gasteiger partial charge in [0.2, 0.25) is 0 Å². The van der Waals surface area contributed by atoms with Crippen LogP contribution in [0.2, 0.25) is 0 Å². The molecule has 0 radical (unpaired) electrons. The van der Waals surface area contributed by atoms with Gasteiger partial charge in [-0.2, -0.15) is 0 Å². The Kier molecular flexibility index (Phi) is 11.8. The molecule has 0 saturated carbocycles. The van der Waals surface area contributed by atoms with Crippen LogP contribution in [0.25, 0.3) is 51.5 Å². The topological polar surface area (TPSA) is 0 Å². The lowest BCUT2D eigenvalue weighted by atomic mass is 9.72. The van der Waals surface area contributed by atoms with Gasteiger partial charge in [-0.05, 0) is 229 Å². The first kappa shape index (κ1) is 48.8. The molecule has 10 rings (SSSR count). The van der Waals surface area contributed by atoms with Crippen molar-refractivity contribution >= 4 is 45.3 Å². The molecule has 6 aromatic rings. The molecule has 0 atom stereocenters. The number of benzene rings is 2. The molecule has 4 heterocycles. The summed E-state index contributed by atoms with van der Waals surface area (Å²) in [5.74, 6) is 0. The molecule has 0 unspecified atom stereocenters. The Balaban J connectivity index is 1.06. The van der Waals surface area contributed by atoms with Crippen molar-refractivity contribution in [1.29, 1.82) is 0 Å². The second-order valence-electron chi connectivity index (χ2n) is 25.1. The second-order valence-corrected chi connectivity index (χ2v) is 29.1. The number of thiophene rings is 4. The first-order valence-electron chi connectivity index (χ1n) is 27.0. The molecule has 0 fully saturated rings. The van der Waals surface area contributed by atoms with Crippen LogP contribution in [0.15, 0.2) is 59.3 Å². The molecule has 0 N–H and O–H groups in total. The molecule has 68 heavy (non-hydrogen) atoms. The molecule has 0 aliphatic heterocycles. The fourth-order valence-corrected chi connectivity index (χ4v) is 20.7. The van der Waals surface area contributed by atoms with Crippen molar-refractivity contribution < 1.29 is 0 Å². The van der Waals surface area contributed by atoms with E-state index in [9.17, 15) is 0 Å². The maximum absolute atomic E-state index is 2.78. The van der Waals surface area contributed by atoms with E-state index in [1.807, 2.05) is 45.3 Å². The number of hydrogen-bond acceptors (Lipinski definition) is 4. The second kappa shape index (κ2) is 16.4. The van der Waals surface area contributed by atoms with E-state index in [4.69, 9.17) is 0 Å². The van der Waals surface area contributed by atoms with Crippen molar-refractivity contribution in [2.45, 2.75) is 231 Å².